The number of nitrogens with one attached hydrogen (secondary N) is 1. The Hall–Kier alpha value is -2.66. The Labute approximate surface area is 194 Å². The lowest BCUT2D eigenvalue weighted by Gasteiger charge is -2.22. The minimum Gasteiger partial charge on any atom is -0.460 e. The lowest BCUT2D eigenvalue weighted by Crippen LogP contribution is -2.37. The van der Waals surface area contributed by atoms with Crippen LogP contribution in [0.5, 0.6) is 0 Å². The number of nitrogens with two attached hydrogens (primary N) is 1. The summed E-state index contributed by atoms with van der Waals surface area (Å²) < 4.78 is 59.1. The molecule has 13 heteroatoms. The molecule has 2 heterocycles. The maximum Gasteiger partial charge on any atom is 0.351 e. The Morgan fingerprint density at radius 2 is 2.03 bits per heavy atom. The first-order valence-electron chi connectivity index (χ1n) is 10.5. The van der Waals surface area contributed by atoms with Gasteiger partial charge >= 0.3 is 11.7 Å². The Morgan fingerprint density at radius 1 is 1.35 bits per heavy atom. The van der Waals surface area contributed by atoms with Crippen molar-refractivity contribution in [2.24, 2.45) is 5.92 Å². The number of esters is 1. The molecular formula is C21H27F2N4O6P. The van der Waals surface area contributed by atoms with Crippen LogP contribution >= 0.6 is 7.52 Å². The fourth-order valence-corrected chi connectivity index (χ4v) is 4.71. The number of nitrogens with zero attached hydrogens (tertiary/aromatic N) is 2. The molecule has 0 saturated carbocycles. The summed E-state index contributed by atoms with van der Waals surface area (Å²) in [6.45, 7) is 3.49. The molecule has 0 aliphatic carbocycles. The predicted molar refractivity (Wildman–Crippen MR) is 119 cm³/mol. The maximum absolute atomic E-state index is 14.8. The number of carbonyl (C=O) groups excluding carboxylic acids is 1. The van der Waals surface area contributed by atoms with E-state index in [0.717, 1.165) is 11.8 Å². The molecule has 3 rings (SSSR count). The van der Waals surface area contributed by atoms with Crippen LogP contribution in [0.4, 0.5) is 14.6 Å². The largest absolute Gasteiger partial charge is 0.460 e. The molecule has 34 heavy (non-hydrogen) atoms. The van der Waals surface area contributed by atoms with Gasteiger partial charge in [-0.1, -0.05) is 37.3 Å². The highest BCUT2D eigenvalue weighted by Gasteiger charge is 2.58. The normalized spacial score (nSPS) is 24.3. The molecule has 2 unspecified atom stereocenters. The van der Waals surface area contributed by atoms with Crippen LogP contribution in [0, 0.1) is 5.92 Å². The van der Waals surface area contributed by atoms with Crippen molar-refractivity contribution in [3.05, 3.63) is 58.6 Å². The van der Waals surface area contributed by atoms with Gasteiger partial charge < -0.3 is 19.7 Å². The molecule has 1 aliphatic rings. The SMILES string of the molecule is CC1[C@@H](COP(C)(=O)N[C@@H](C)C(=O)OCc2ccccc2)O[C@@H](n2ccc(N)nc2=O)C1(F)F. The summed E-state index contributed by atoms with van der Waals surface area (Å²) in [5.41, 5.74) is 5.22. The fourth-order valence-electron chi connectivity index (χ4n) is 3.40. The van der Waals surface area contributed by atoms with Crippen molar-refractivity contribution in [1.82, 2.24) is 14.6 Å². The number of carbonyl (C=O) groups is 1. The molecule has 1 aliphatic heterocycles. The molecule has 10 nitrogen and oxygen atoms in total. The van der Waals surface area contributed by atoms with Crippen molar-refractivity contribution >= 4 is 19.3 Å². The third-order valence-corrected chi connectivity index (χ3v) is 6.89. The summed E-state index contributed by atoms with van der Waals surface area (Å²) in [5.74, 6) is -5.56. The summed E-state index contributed by atoms with van der Waals surface area (Å²) >= 11 is 0. The van der Waals surface area contributed by atoms with E-state index >= 15 is 0 Å². The van der Waals surface area contributed by atoms with Crippen molar-refractivity contribution in [2.45, 2.75) is 44.8 Å². The van der Waals surface area contributed by atoms with Crippen molar-refractivity contribution in [1.29, 1.82) is 0 Å². The number of rotatable bonds is 9. The minimum absolute atomic E-state index is 0.0455. The molecule has 2 aromatic rings. The zero-order valence-electron chi connectivity index (χ0n) is 18.9. The van der Waals surface area contributed by atoms with Crippen molar-refractivity contribution < 1.29 is 32.1 Å². The van der Waals surface area contributed by atoms with Gasteiger partial charge in [0, 0.05) is 12.9 Å². The average Bonchev–Trinajstić information content (AvgIpc) is 3.00. The number of nitrogen functional groups attached to an aromatic ring is 1. The molecule has 0 amide bonds. The van der Waals surface area contributed by atoms with Crippen molar-refractivity contribution in [2.75, 3.05) is 19.0 Å². The predicted octanol–water partition coefficient (Wildman–Crippen LogP) is 2.56. The molecule has 5 atom stereocenters. The molecule has 3 N–H and O–H groups in total. The van der Waals surface area contributed by atoms with E-state index in [0.29, 0.717) is 4.57 Å². The number of alkyl halides is 2. The molecule has 1 aromatic heterocycles. The summed E-state index contributed by atoms with van der Waals surface area (Å²) in [6, 6.07) is 9.25. The topological polar surface area (TPSA) is 135 Å². The summed E-state index contributed by atoms with van der Waals surface area (Å²) in [5, 5.41) is 2.55. The number of ether oxygens (including phenoxy) is 2. The second-order valence-corrected chi connectivity index (χ2v) is 10.3. The van der Waals surface area contributed by atoms with Crippen molar-refractivity contribution in [3.8, 4) is 0 Å². The molecule has 0 bridgehead atoms. The monoisotopic (exact) mass is 500 g/mol. The first kappa shape index (κ1) is 26.0. The third-order valence-electron chi connectivity index (χ3n) is 5.39. The van der Waals surface area contributed by atoms with Crippen LogP contribution in [0.3, 0.4) is 0 Å². The number of anilines is 1. The van der Waals surface area contributed by atoms with E-state index in [4.69, 9.17) is 19.7 Å². The van der Waals surface area contributed by atoms with Gasteiger partial charge in [0.1, 0.15) is 18.5 Å². The molecular weight excluding hydrogens is 473 g/mol. The molecule has 0 spiro atoms. The molecule has 1 fully saturated rings. The second kappa shape index (κ2) is 10.3. The zero-order chi connectivity index (χ0) is 25.1. The second-order valence-electron chi connectivity index (χ2n) is 8.12. The van der Waals surface area contributed by atoms with Crippen LogP contribution in [0.2, 0.25) is 0 Å². The number of aromatic nitrogens is 2. The Balaban J connectivity index is 1.57. The highest BCUT2D eigenvalue weighted by molar-refractivity contribution is 7.56. The molecule has 186 valence electrons. The van der Waals surface area contributed by atoms with Crippen LogP contribution in [0.25, 0.3) is 0 Å². The smallest absolute Gasteiger partial charge is 0.351 e. The van der Waals surface area contributed by atoms with Gasteiger partial charge in [0.2, 0.25) is 6.23 Å². The molecule has 1 saturated heterocycles. The van der Waals surface area contributed by atoms with Gasteiger partial charge in [-0.25, -0.2) is 18.7 Å². The van der Waals surface area contributed by atoms with Gasteiger partial charge in [-0.05, 0) is 18.6 Å². The summed E-state index contributed by atoms with van der Waals surface area (Å²) in [7, 11) is -3.60. The van der Waals surface area contributed by atoms with Crippen LogP contribution < -0.4 is 16.5 Å². The lowest BCUT2D eigenvalue weighted by atomic mass is 10.00. The standard InChI is InChI=1S/C21H27F2N4O6P/c1-13-16(33-19(21(13,22)23)27-10-9-17(24)25-20(27)29)12-32-34(3,30)26-14(2)18(28)31-11-15-7-5-4-6-8-15/h4-10,13-14,16,19H,11-12H2,1-3H3,(H,26,30)(H2,24,25,29)/t13?,14-,16+,19+,34?/m0/s1. The zero-order valence-corrected chi connectivity index (χ0v) is 19.8. The van der Waals surface area contributed by atoms with Crippen LogP contribution in [-0.4, -0.2) is 46.9 Å². The van der Waals surface area contributed by atoms with Gasteiger partial charge in [-0.15, -0.1) is 0 Å². The number of halogens is 2. The third kappa shape index (κ3) is 6.06. The molecule has 0 radical (unpaired) electrons. The van der Waals surface area contributed by atoms with Crippen LogP contribution in [0.1, 0.15) is 25.6 Å². The Morgan fingerprint density at radius 3 is 2.68 bits per heavy atom. The average molecular weight is 500 g/mol. The lowest BCUT2D eigenvalue weighted by molar-refractivity contribution is -0.146. The van der Waals surface area contributed by atoms with Crippen LogP contribution in [0.15, 0.2) is 47.4 Å². The van der Waals surface area contributed by atoms with E-state index in [2.05, 4.69) is 10.1 Å². The molecule has 1 aromatic carbocycles. The van der Waals surface area contributed by atoms with E-state index in [1.54, 1.807) is 24.3 Å². The van der Waals surface area contributed by atoms with E-state index in [9.17, 15) is 22.9 Å². The summed E-state index contributed by atoms with van der Waals surface area (Å²) in [6.07, 6.45) is -2.03. The van der Waals surface area contributed by atoms with Gasteiger partial charge in [0.05, 0.1) is 18.6 Å². The first-order chi connectivity index (χ1) is 15.9. The minimum atomic E-state index is -3.60. The first-order valence-corrected chi connectivity index (χ1v) is 12.6. The summed E-state index contributed by atoms with van der Waals surface area (Å²) in [4.78, 5) is 27.7. The highest BCUT2D eigenvalue weighted by Crippen LogP contribution is 2.48. The Bertz CT molecular complexity index is 1120. The number of hydrogen-bond acceptors (Lipinski definition) is 8. The fraction of sp³-hybridized carbons (Fsp3) is 0.476. The number of benzene rings is 1. The van der Waals surface area contributed by atoms with Crippen LogP contribution in [-0.2, 0) is 30.0 Å². The van der Waals surface area contributed by atoms with E-state index in [-0.39, 0.29) is 12.4 Å². The quantitative estimate of drug-likeness (QED) is 0.393. The van der Waals surface area contributed by atoms with Crippen molar-refractivity contribution in [3.63, 3.8) is 0 Å². The maximum atomic E-state index is 14.8. The Kier molecular flexibility index (Phi) is 7.87. The van der Waals surface area contributed by atoms with E-state index in [1.165, 1.54) is 26.6 Å². The van der Waals surface area contributed by atoms with Gasteiger partial charge in [-0.3, -0.25) is 13.9 Å². The van der Waals surface area contributed by atoms with Gasteiger partial charge in [0.15, 0.2) is 0 Å². The van der Waals surface area contributed by atoms with E-state index in [1.807, 2.05) is 6.07 Å². The number of hydrogen-bond donors (Lipinski definition) is 2. The van der Waals surface area contributed by atoms with Gasteiger partial charge in [0.25, 0.3) is 13.4 Å². The van der Waals surface area contributed by atoms with E-state index < -0.39 is 56.0 Å². The van der Waals surface area contributed by atoms with Gasteiger partial charge in [-0.2, -0.15) is 4.98 Å². The highest BCUT2D eigenvalue weighted by atomic mass is 31.2.